The van der Waals surface area contributed by atoms with Gasteiger partial charge in [-0.05, 0) is 35.4 Å². The van der Waals surface area contributed by atoms with Crippen LogP contribution in [-0.2, 0) is 16.6 Å². The number of H-pyrrole nitrogens is 1. The molecule has 3 heterocycles. The maximum Gasteiger partial charge on any atom is 0.257 e. The maximum absolute atomic E-state index is 13.5. The van der Waals surface area contributed by atoms with Gasteiger partial charge >= 0.3 is 0 Å². The summed E-state index contributed by atoms with van der Waals surface area (Å²) in [5, 5.41) is 6.71. The third-order valence-electron chi connectivity index (χ3n) is 6.16. The molecule has 0 aliphatic heterocycles. The van der Waals surface area contributed by atoms with Gasteiger partial charge in [-0.3, -0.25) is 9.59 Å². The summed E-state index contributed by atoms with van der Waals surface area (Å²) < 4.78 is 28.4. The quantitative estimate of drug-likeness (QED) is 0.329. The average molecular weight is 501 g/mol. The molecule has 1 amide bonds. The number of amides is 1. The number of anilines is 1. The number of benzene rings is 2. The van der Waals surface area contributed by atoms with Crippen molar-refractivity contribution in [3.05, 3.63) is 105 Å². The van der Waals surface area contributed by atoms with Crippen LogP contribution in [-0.4, -0.2) is 36.0 Å². The summed E-state index contributed by atoms with van der Waals surface area (Å²) >= 11 is 0. The fraction of sp³-hybridized carbons (Fsp3) is 0.154. The average Bonchev–Trinajstić information content (AvgIpc) is 3.35. The Kier molecular flexibility index (Phi) is 6.04. The Balaban J connectivity index is 1.63. The number of hydrogen-bond acceptors (Lipinski definition) is 6. The summed E-state index contributed by atoms with van der Waals surface area (Å²) in [5.74, 6) is -0.604. The molecular weight excluding hydrogens is 480 g/mol. The first-order valence-electron chi connectivity index (χ1n) is 11.3. The van der Waals surface area contributed by atoms with Gasteiger partial charge in [-0.2, -0.15) is 5.10 Å². The number of halogens is 2. The van der Waals surface area contributed by atoms with Crippen LogP contribution < -0.4 is 10.9 Å². The van der Waals surface area contributed by atoms with Crippen LogP contribution >= 0.6 is 0 Å². The van der Waals surface area contributed by atoms with Crippen LogP contribution in [0.5, 0.6) is 0 Å². The lowest BCUT2D eigenvalue weighted by molar-refractivity contribution is -0.105. The predicted molar refractivity (Wildman–Crippen MR) is 132 cm³/mol. The Morgan fingerprint density at radius 2 is 1.70 bits per heavy atom. The topological polar surface area (TPSA) is 118 Å². The van der Waals surface area contributed by atoms with Crippen LogP contribution in [0.1, 0.15) is 36.2 Å². The van der Waals surface area contributed by atoms with E-state index in [1.807, 2.05) is 0 Å². The standard InChI is InChI=1S/C26H21F2N7O2/c1-26(2,16-5-9-18(28)10-6-16)21-23(30-14-36)33-22(34-25(21)37)20-12-35-24(29-13-31-35)19(32-20)11-15-3-7-17(27)8-4-15/h3-10,12-14H,11H2,1-2H3,(H2,30,33,34,36,37). The highest BCUT2D eigenvalue weighted by molar-refractivity contribution is 5.73. The summed E-state index contributed by atoms with van der Waals surface area (Å²) in [6, 6.07) is 11.8. The zero-order valence-corrected chi connectivity index (χ0v) is 19.9. The van der Waals surface area contributed by atoms with E-state index in [1.54, 1.807) is 44.3 Å². The second-order valence-electron chi connectivity index (χ2n) is 8.94. The number of fused-ring (bicyclic) bond motifs is 1. The van der Waals surface area contributed by atoms with E-state index in [4.69, 9.17) is 0 Å². The Bertz CT molecular complexity index is 1660. The first-order chi connectivity index (χ1) is 17.8. The van der Waals surface area contributed by atoms with Crippen molar-refractivity contribution in [3.63, 3.8) is 0 Å². The van der Waals surface area contributed by atoms with Crippen molar-refractivity contribution in [1.29, 1.82) is 0 Å². The third kappa shape index (κ3) is 4.58. The molecule has 37 heavy (non-hydrogen) atoms. The number of aromatic nitrogens is 6. The van der Waals surface area contributed by atoms with Gasteiger partial charge in [-0.1, -0.05) is 38.1 Å². The molecule has 2 N–H and O–H groups in total. The highest BCUT2D eigenvalue weighted by Gasteiger charge is 2.31. The van der Waals surface area contributed by atoms with Crippen molar-refractivity contribution in [2.75, 3.05) is 5.32 Å². The largest absolute Gasteiger partial charge is 0.313 e. The fourth-order valence-electron chi connectivity index (χ4n) is 4.27. The first-order valence-corrected chi connectivity index (χ1v) is 11.3. The van der Waals surface area contributed by atoms with Crippen LogP contribution in [0, 0.1) is 11.6 Å². The highest BCUT2D eigenvalue weighted by atomic mass is 19.1. The summed E-state index contributed by atoms with van der Waals surface area (Å²) in [6.07, 6.45) is 3.70. The summed E-state index contributed by atoms with van der Waals surface area (Å²) in [4.78, 5) is 41.0. The number of hydrogen-bond donors (Lipinski definition) is 2. The van der Waals surface area contributed by atoms with E-state index in [0.29, 0.717) is 29.7 Å². The third-order valence-corrected chi connectivity index (χ3v) is 6.16. The second-order valence-corrected chi connectivity index (χ2v) is 8.94. The number of rotatable bonds is 7. The summed E-state index contributed by atoms with van der Waals surface area (Å²) in [6.45, 7) is 3.56. The fourth-order valence-corrected chi connectivity index (χ4v) is 4.27. The van der Waals surface area contributed by atoms with Crippen molar-refractivity contribution in [3.8, 4) is 11.5 Å². The van der Waals surface area contributed by atoms with E-state index in [1.165, 1.54) is 35.1 Å². The van der Waals surface area contributed by atoms with E-state index in [9.17, 15) is 18.4 Å². The molecular formula is C26H21F2N7O2. The molecule has 0 radical (unpaired) electrons. The van der Waals surface area contributed by atoms with Crippen molar-refractivity contribution < 1.29 is 13.6 Å². The number of carbonyl (C=O) groups is 1. The van der Waals surface area contributed by atoms with Crippen molar-refractivity contribution in [1.82, 2.24) is 29.5 Å². The molecule has 0 saturated heterocycles. The predicted octanol–water partition coefficient (Wildman–Crippen LogP) is 3.64. The zero-order chi connectivity index (χ0) is 26.2. The molecule has 186 valence electrons. The smallest absolute Gasteiger partial charge is 0.257 e. The minimum Gasteiger partial charge on any atom is -0.313 e. The lowest BCUT2D eigenvalue weighted by atomic mass is 9.78. The molecule has 0 aliphatic rings. The number of aromatic amines is 1. The van der Waals surface area contributed by atoms with Crippen LogP contribution in [0.2, 0.25) is 0 Å². The zero-order valence-electron chi connectivity index (χ0n) is 19.9. The van der Waals surface area contributed by atoms with E-state index in [2.05, 4.69) is 30.4 Å². The van der Waals surface area contributed by atoms with E-state index >= 15 is 0 Å². The Labute approximate surface area is 209 Å². The van der Waals surface area contributed by atoms with Gasteiger partial charge in [-0.15, -0.1) is 0 Å². The van der Waals surface area contributed by atoms with Gasteiger partial charge in [0.05, 0.1) is 17.5 Å². The van der Waals surface area contributed by atoms with Gasteiger partial charge in [-0.25, -0.2) is 28.2 Å². The van der Waals surface area contributed by atoms with Crippen molar-refractivity contribution in [2.24, 2.45) is 0 Å². The summed E-state index contributed by atoms with van der Waals surface area (Å²) in [7, 11) is 0. The molecule has 5 rings (SSSR count). The number of nitrogens with zero attached hydrogens (tertiary/aromatic N) is 5. The first kappa shape index (κ1) is 23.9. The van der Waals surface area contributed by atoms with Crippen LogP contribution in [0.25, 0.3) is 17.2 Å². The van der Waals surface area contributed by atoms with Crippen molar-refractivity contribution in [2.45, 2.75) is 25.7 Å². The van der Waals surface area contributed by atoms with Gasteiger partial charge in [0, 0.05) is 11.8 Å². The number of nitrogens with one attached hydrogen (secondary N) is 2. The molecule has 2 aromatic carbocycles. The molecule has 3 aromatic heterocycles. The van der Waals surface area contributed by atoms with E-state index in [0.717, 1.165) is 5.56 Å². The Hall–Kier alpha value is -4.80. The van der Waals surface area contributed by atoms with Gasteiger partial charge in [0.1, 0.15) is 29.5 Å². The van der Waals surface area contributed by atoms with Crippen LogP contribution in [0.4, 0.5) is 14.6 Å². The summed E-state index contributed by atoms with van der Waals surface area (Å²) in [5.41, 5.74) is 1.55. The maximum atomic E-state index is 13.5. The van der Waals surface area contributed by atoms with E-state index in [-0.39, 0.29) is 28.7 Å². The lowest BCUT2D eigenvalue weighted by Gasteiger charge is -2.26. The van der Waals surface area contributed by atoms with Gasteiger partial charge in [0.25, 0.3) is 5.56 Å². The molecule has 5 aromatic rings. The molecule has 9 nitrogen and oxygen atoms in total. The molecule has 0 saturated carbocycles. The SMILES string of the molecule is CC(C)(c1ccc(F)cc1)c1c(NC=O)nc(-c2cn3ncnc3c(Cc3ccc(F)cc3)n2)[nH]c1=O. The molecule has 0 atom stereocenters. The van der Waals surface area contributed by atoms with Crippen molar-refractivity contribution >= 4 is 17.9 Å². The number of carbonyl (C=O) groups excluding carboxylic acids is 1. The van der Waals surface area contributed by atoms with Gasteiger partial charge in [0.15, 0.2) is 11.5 Å². The van der Waals surface area contributed by atoms with E-state index < -0.39 is 16.8 Å². The normalized spacial score (nSPS) is 11.6. The Morgan fingerprint density at radius 1 is 1.03 bits per heavy atom. The molecule has 0 fully saturated rings. The van der Waals surface area contributed by atoms with Gasteiger partial charge in [0.2, 0.25) is 6.41 Å². The molecule has 0 bridgehead atoms. The van der Waals surface area contributed by atoms with Crippen LogP contribution in [0.15, 0.2) is 65.8 Å². The lowest BCUT2D eigenvalue weighted by Crippen LogP contribution is -2.31. The van der Waals surface area contributed by atoms with Crippen LogP contribution in [0.3, 0.4) is 0 Å². The molecule has 0 spiro atoms. The molecule has 0 unspecified atom stereocenters. The minimum atomic E-state index is -0.921. The highest BCUT2D eigenvalue weighted by Crippen LogP contribution is 2.33. The monoisotopic (exact) mass is 501 g/mol. The minimum absolute atomic E-state index is 0.0450. The molecule has 0 aliphatic carbocycles. The second kappa shape index (κ2) is 9.34. The molecule has 11 heteroatoms. The van der Waals surface area contributed by atoms with Gasteiger partial charge < -0.3 is 10.3 Å². The Morgan fingerprint density at radius 3 is 2.38 bits per heavy atom.